The molecule has 0 spiro atoms. The Morgan fingerprint density at radius 2 is 2.19 bits per heavy atom. The van der Waals surface area contributed by atoms with E-state index in [1.54, 1.807) is 0 Å². The van der Waals surface area contributed by atoms with Crippen LogP contribution in [0, 0.1) is 0 Å². The van der Waals surface area contributed by atoms with Gasteiger partial charge in [0.05, 0.1) is 11.4 Å². The van der Waals surface area contributed by atoms with E-state index in [1.807, 2.05) is 0 Å². The van der Waals surface area contributed by atoms with Gasteiger partial charge in [-0.2, -0.15) is 5.10 Å². The smallest absolute Gasteiger partial charge is 0.0625 e. The first-order chi connectivity index (χ1) is 7.67. The van der Waals surface area contributed by atoms with Crippen molar-refractivity contribution in [3.05, 3.63) is 17.5 Å². The van der Waals surface area contributed by atoms with Crippen molar-refractivity contribution in [2.24, 2.45) is 0 Å². The van der Waals surface area contributed by atoms with Crippen LogP contribution in [0.4, 0.5) is 0 Å². The minimum atomic E-state index is 0.384. The average molecular weight is 221 g/mol. The molecule has 2 rings (SSSR count). The molecule has 16 heavy (non-hydrogen) atoms. The molecule has 1 heterocycles. The van der Waals surface area contributed by atoms with E-state index in [0.717, 1.165) is 19.5 Å². The normalized spacial score (nSPS) is 18.4. The van der Waals surface area contributed by atoms with E-state index < -0.39 is 0 Å². The summed E-state index contributed by atoms with van der Waals surface area (Å²) in [5.41, 5.74) is 2.92. The first-order valence-electron chi connectivity index (χ1n) is 6.47. The van der Waals surface area contributed by atoms with Crippen molar-refractivity contribution in [2.45, 2.75) is 65.1 Å². The second-order valence-corrected chi connectivity index (χ2v) is 5.06. The van der Waals surface area contributed by atoms with E-state index in [-0.39, 0.29) is 0 Å². The van der Waals surface area contributed by atoms with Gasteiger partial charge in [-0.1, -0.05) is 6.92 Å². The molecule has 0 saturated heterocycles. The van der Waals surface area contributed by atoms with Crippen molar-refractivity contribution in [1.82, 2.24) is 15.1 Å². The van der Waals surface area contributed by atoms with E-state index in [1.165, 1.54) is 30.7 Å². The van der Waals surface area contributed by atoms with Crippen LogP contribution < -0.4 is 5.32 Å². The lowest BCUT2D eigenvalue weighted by molar-refractivity contribution is 0.205. The molecule has 1 aliphatic rings. The molecule has 0 radical (unpaired) electrons. The van der Waals surface area contributed by atoms with Gasteiger partial charge in [0, 0.05) is 18.6 Å². The van der Waals surface area contributed by atoms with Gasteiger partial charge in [0.1, 0.15) is 0 Å². The maximum Gasteiger partial charge on any atom is 0.0625 e. The molecule has 0 bridgehead atoms. The highest BCUT2D eigenvalue weighted by molar-refractivity contribution is 5.11. The second kappa shape index (κ2) is 4.58. The quantitative estimate of drug-likeness (QED) is 0.828. The molecule has 1 saturated carbocycles. The van der Waals surface area contributed by atoms with Gasteiger partial charge < -0.3 is 5.32 Å². The molecule has 0 atom stereocenters. The summed E-state index contributed by atoms with van der Waals surface area (Å²) in [4.78, 5) is 0. The second-order valence-electron chi connectivity index (χ2n) is 5.06. The van der Waals surface area contributed by atoms with Crippen LogP contribution in [0.2, 0.25) is 0 Å². The monoisotopic (exact) mass is 221 g/mol. The summed E-state index contributed by atoms with van der Waals surface area (Å²) in [6.07, 6.45) is 5.02. The third-order valence-electron chi connectivity index (χ3n) is 3.73. The first-order valence-corrected chi connectivity index (χ1v) is 6.47. The van der Waals surface area contributed by atoms with E-state index in [9.17, 15) is 0 Å². The van der Waals surface area contributed by atoms with Crippen LogP contribution in [0.3, 0.4) is 0 Å². The summed E-state index contributed by atoms with van der Waals surface area (Å²) in [5, 5.41) is 8.23. The number of aromatic nitrogens is 2. The molecule has 3 heteroatoms. The standard InChI is InChI=1S/C13H23N3/c1-4-11-9-12(16(5-2)15-11)10-14-13(3)7-6-8-13/h9,14H,4-8,10H2,1-3H3. The van der Waals surface area contributed by atoms with Crippen molar-refractivity contribution in [3.63, 3.8) is 0 Å². The first kappa shape index (κ1) is 11.6. The highest BCUT2D eigenvalue weighted by Gasteiger charge is 2.30. The lowest BCUT2D eigenvalue weighted by atomic mass is 9.78. The average Bonchev–Trinajstić information content (AvgIpc) is 2.66. The zero-order valence-electron chi connectivity index (χ0n) is 10.7. The molecular weight excluding hydrogens is 198 g/mol. The van der Waals surface area contributed by atoms with Crippen molar-refractivity contribution in [3.8, 4) is 0 Å². The van der Waals surface area contributed by atoms with E-state index in [0.29, 0.717) is 5.54 Å². The summed E-state index contributed by atoms with van der Waals surface area (Å²) in [6, 6.07) is 2.23. The maximum absolute atomic E-state index is 4.57. The van der Waals surface area contributed by atoms with E-state index in [4.69, 9.17) is 0 Å². The molecule has 3 nitrogen and oxygen atoms in total. The molecule has 0 unspecified atom stereocenters. The number of hydrogen-bond donors (Lipinski definition) is 1. The molecule has 0 aromatic carbocycles. The summed E-state index contributed by atoms with van der Waals surface area (Å²) in [7, 11) is 0. The third kappa shape index (κ3) is 2.29. The molecule has 1 aliphatic carbocycles. The zero-order valence-corrected chi connectivity index (χ0v) is 10.7. The van der Waals surface area contributed by atoms with Gasteiger partial charge in [-0.05, 0) is 45.6 Å². The van der Waals surface area contributed by atoms with Crippen LogP contribution in [0.15, 0.2) is 6.07 Å². The van der Waals surface area contributed by atoms with Gasteiger partial charge >= 0.3 is 0 Å². The Kier molecular flexibility index (Phi) is 3.33. The van der Waals surface area contributed by atoms with Crippen LogP contribution in [0.5, 0.6) is 0 Å². The number of rotatable bonds is 5. The number of nitrogens with zero attached hydrogens (tertiary/aromatic N) is 2. The maximum atomic E-state index is 4.57. The minimum absolute atomic E-state index is 0.384. The van der Waals surface area contributed by atoms with Gasteiger partial charge in [-0.3, -0.25) is 4.68 Å². The molecular formula is C13H23N3. The molecule has 1 N–H and O–H groups in total. The highest BCUT2D eigenvalue weighted by Crippen LogP contribution is 2.31. The molecule has 0 aliphatic heterocycles. The fraction of sp³-hybridized carbons (Fsp3) is 0.769. The van der Waals surface area contributed by atoms with Crippen LogP contribution in [-0.4, -0.2) is 15.3 Å². The van der Waals surface area contributed by atoms with Gasteiger partial charge in [0.25, 0.3) is 0 Å². The molecule has 0 amide bonds. The SMILES string of the molecule is CCc1cc(CNC2(C)CCC2)n(CC)n1. The zero-order chi connectivity index (χ0) is 11.6. The Bertz CT molecular complexity index is 350. The predicted octanol–water partition coefficient (Wildman–Crippen LogP) is 2.50. The lowest BCUT2D eigenvalue weighted by Crippen LogP contribution is -2.47. The molecule has 1 aromatic heterocycles. The third-order valence-corrected chi connectivity index (χ3v) is 3.73. The topological polar surface area (TPSA) is 29.9 Å². The summed E-state index contributed by atoms with van der Waals surface area (Å²) >= 11 is 0. The number of hydrogen-bond acceptors (Lipinski definition) is 2. The largest absolute Gasteiger partial charge is 0.306 e. The lowest BCUT2D eigenvalue weighted by Gasteiger charge is -2.39. The van der Waals surface area contributed by atoms with Gasteiger partial charge in [-0.25, -0.2) is 0 Å². The Balaban J connectivity index is 1.99. The van der Waals surface area contributed by atoms with Crippen LogP contribution in [0.25, 0.3) is 0 Å². The fourth-order valence-corrected chi connectivity index (χ4v) is 2.29. The fourth-order valence-electron chi connectivity index (χ4n) is 2.29. The number of nitrogens with one attached hydrogen (secondary N) is 1. The molecule has 1 aromatic rings. The van der Waals surface area contributed by atoms with Crippen molar-refractivity contribution < 1.29 is 0 Å². The van der Waals surface area contributed by atoms with Crippen molar-refractivity contribution in [1.29, 1.82) is 0 Å². The van der Waals surface area contributed by atoms with Crippen LogP contribution in [-0.2, 0) is 19.5 Å². The summed E-state index contributed by atoms with van der Waals surface area (Å²) in [6.45, 7) is 8.56. The Morgan fingerprint density at radius 3 is 2.69 bits per heavy atom. The van der Waals surface area contributed by atoms with Crippen molar-refractivity contribution >= 4 is 0 Å². The van der Waals surface area contributed by atoms with E-state index >= 15 is 0 Å². The summed E-state index contributed by atoms with van der Waals surface area (Å²) in [5.74, 6) is 0. The van der Waals surface area contributed by atoms with Crippen LogP contribution in [0.1, 0.15) is 51.4 Å². The van der Waals surface area contributed by atoms with Crippen molar-refractivity contribution in [2.75, 3.05) is 0 Å². The van der Waals surface area contributed by atoms with Gasteiger partial charge in [0.2, 0.25) is 0 Å². The Hall–Kier alpha value is -0.830. The van der Waals surface area contributed by atoms with Crippen LogP contribution >= 0.6 is 0 Å². The molecule has 90 valence electrons. The highest BCUT2D eigenvalue weighted by atomic mass is 15.3. The minimum Gasteiger partial charge on any atom is -0.306 e. The van der Waals surface area contributed by atoms with Gasteiger partial charge in [-0.15, -0.1) is 0 Å². The molecule has 1 fully saturated rings. The number of aryl methyl sites for hydroxylation is 2. The Morgan fingerprint density at radius 1 is 1.44 bits per heavy atom. The Labute approximate surface area is 98.2 Å². The van der Waals surface area contributed by atoms with Gasteiger partial charge in [0.15, 0.2) is 0 Å². The van der Waals surface area contributed by atoms with E-state index in [2.05, 4.69) is 41.9 Å². The predicted molar refractivity (Wildman–Crippen MR) is 66.4 cm³/mol. The summed E-state index contributed by atoms with van der Waals surface area (Å²) < 4.78 is 2.12.